The first-order chi connectivity index (χ1) is 11.8. The van der Waals surface area contributed by atoms with Crippen LogP contribution < -0.4 is 5.32 Å². The molecular weight excluding hydrogens is 319 g/mol. The van der Waals surface area contributed by atoms with Crippen molar-refractivity contribution in [3.05, 3.63) is 64.5 Å². The van der Waals surface area contributed by atoms with Crippen molar-refractivity contribution in [1.29, 1.82) is 0 Å². The van der Waals surface area contributed by atoms with Crippen molar-refractivity contribution < 1.29 is 14.0 Å². The molecule has 0 spiro atoms. The summed E-state index contributed by atoms with van der Waals surface area (Å²) in [6, 6.07) is 9.90. The van der Waals surface area contributed by atoms with E-state index in [2.05, 4.69) is 5.32 Å². The summed E-state index contributed by atoms with van der Waals surface area (Å²) >= 11 is 0. The van der Waals surface area contributed by atoms with Crippen molar-refractivity contribution in [1.82, 2.24) is 4.90 Å². The van der Waals surface area contributed by atoms with Gasteiger partial charge in [-0.25, -0.2) is 4.39 Å². The molecule has 4 nitrogen and oxygen atoms in total. The van der Waals surface area contributed by atoms with Gasteiger partial charge >= 0.3 is 0 Å². The van der Waals surface area contributed by atoms with Gasteiger partial charge in [0.05, 0.1) is 0 Å². The predicted molar refractivity (Wildman–Crippen MR) is 96.8 cm³/mol. The van der Waals surface area contributed by atoms with E-state index in [0.717, 1.165) is 27.9 Å². The van der Waals surface area contributed by atoms with Crippen LogP contribution in [0.15, 0.2) is 36.4 Å². The van der Waals surface area contributed by atoms with E-state index in [-0.39, 0.29) is 30.7 Å². The van der Waals surface area contributed by atoms with Crippen molar-refractivity contribution >= 4 is 17.5 Å². The average Bonchev–Trinajstić information content (AvgIpc) is 2.52. The maximum Gasteiger partial charge on any atom is 0.244 e. The molecule has 132 valence electrons. The fraction of sp³-hybridized carbons (Fsp3) is 0.300. The molecule has 0 saturated heterocycles. The Balaban J connectivity index is 2.08. The summed E-state index contributed by atoms with van der Waals surface area (Å²) in [6.07, 6.45) is 0. The number of carbonyl (C=O) groups is 2. The van der Waals surface area contributed by atoms with Gasteiger partial charge in [-0.05, 0) is 49.6 Å². The van der Waals surface area contributed by atoms with Gasteiger partial charge in [0.2, 0.25) is 11.8 Å². The zero-order chi connectivity index (χ0) is 18.6. The number of rotatable bonds is 5. The molecule has 2 aromatic rings. The molecular formula is C20H23FN2O2. The first-order valence-corrected chi connectivity index (χ1v) is 8.14. The molecule has 0 unspecified atom stereocenters. The second-order valence-corrected chi connectivity index (χ2v) is 6.32. The van der Waals surface area contributed by atoms with Crippen molar-refractivity contribution in [2.75, 3.05) is 11.9 Å². The van der Waals surface area contributed by atoms with Crippen molar-refractivity contribution in [2.24, 2.45) is 0 Å². The number of hydrogen-bond donors (Lipinski definition) is 1. The minimum absolute atomic E-state index is 0.0561. The van der Waals surface area contributed by atoms with Crippen molar-refractivity contribution in [3.8, 4) is 0 Å². The minimum Gasteiger partial charge on any atom is -0.329 e. The predicted octanol–water partition coefficient (Wildman–Crippen LogP) is 3.74. The Labute approximate surface area is 147 Å². The maximum atomic E-state index is 13.0. The van der Waals surface area contributed by atoms with Gasteiger partial charge in [-0.2, -0.15) is 0 Å². The van der Waals surface area contributed by atoms with E-state index >= 15 is 0 Å². The highest BCUT2D eigenvalue weighted by atomic mass is 19.1. The fourth-order valence-corrected chi connectivity index (χ4v) is 2.82. The third-order valence-corrected chi connectivity index (χ3v) is 4.01. The maximum absolute atomic E-state index is 13.0. The molecule has 0 radical (unpaired) electrons. The Morgan fingerprint density at radius 3 is 2.12 bits per heavy atom. The molecule has 25 heavy (non-hydrogen) atoms. The Bertz CT molecular complexity index is 762. The van der Waals surface area contributed by atoms with Gasteiger partial charge in [-0.1, -0.05) is 29.8 Å². The molecule has 0 saturated carbocycles. The summed E-state index contributed by atoms with van der Waals surface area (Å²) < 4.78 is 13.0. The number of nitrogens with one attached hydrogen (secondary N) is 1. The van der Waals surface area contributed by atoms with Crippen molar-refractivity contribution in [2.45, 2.75) is 34.2 Å². The number of carbonyl (C=O) groups excluding carboxylic acids is 2. The van der Waals surface area contributed by atoms with E-state index in [1.54, 1.807) is 12.1 Å². The van der Waals surface area contributed by atoms with Gasteiger partial charge in [-0.3, -0.25) is 9.59 Å². The standard InChI is InChI=1S/C20H23FN2O2/c1-13-9-14(2)20(15(3)10-13)22-19(25)12-23(16(4)24)11-17-5-7-18(21)8-6-17/h5-10H,11-12H2,1-4H3,(H,22,25). The minimum atomic E-state index is -0.332. The molecule has 0 aromatic heterocycles. The van der Waals surface area contributed by atoms with E-state index in [0.29, 0.717) is 0 Å². The van der Waals surface area contributed by atoms with E-state index in [4.69, 9.17) is 0 Å². The second kappa shape index (κ2) is 7.92. The number of anilines is 1. The molecule has 1 N–H and O–H groups in total. The molecule has 2 rings (SSSR count). The number of halogens is 1. The number of hydrogen-bond acceptors (Lipinski definition) is 2. The lowest BCUT2D eigenvalue weighted by molar-refractivity contribution is -0.133. The van der Waals surface area contributed by atoms with Crippen LogP contribution in [0.5, 0.6) is 0 Å². The molecule has 0 aliphatic rings. The normalized spacial score (nSPS) is 10.4. The van der Waals surface area contributed by atoms with Crippen LogP contribution in [-0.4, -0.2) is 23.3 Å². The van der Waals surface area contributed by atoms with Gasteiger partial charge in [0.1, 0.15) is 12.4 Å². The lowest BCUT2D eigenvalue weighted by atomic mass is 10.1. The number of aryl methyl sites for hydroxylation is 3. The molecule has 0 bridgehead atoms. The zero-order valence-electron chi connectivity index (χ0n) is 15.0. The van der Waals surface area contributed by atoms with E-state index < -0.39 is 0 Å². The largest absolute Gasteiger partial charge is 0.329 e. The molecule has 2 amide bonds. The van der Waals surface area contributed by atoms with Gasteiger partial charge in [0.25, 0.3) is 0 Å². The van der Waals surface area contributed by atoms with Gasteiger partial charge in [0.15, 0.2) is 0 Å². The Kier molecular flexibility index (Phi) is 5.91. The highest BCUT2D eigenvalue weighted by Crippen LogP contribution is 2.22. The average molecular weight is 342 g/mol. The fourth-order valence-electron chi connectivity index (χ4n) is 2.82. The number of benzene rings is 2. The third kappa shape index (κ3) is 5.14. The molecule has 2 aromatic carbocycles. The van der Waals surface area contributed by atoms with E-state index in [9.17, 15) is 14.0 Å². The summed E-state index contributed by atoms with van der Waals surface area (Å²) in [5.41, 5.74) is 4.65. The van der Waals surface area contributed by atoms with Crippen LogP contribution in [-0.2, 0) is 16.1 Å². The van der Waals surface area contributed by atoms with Crippen LogP contribution in [0.3, 0.4) is 0 Å². The quantitative estimate of drug-likeness (QED) is 0.900. The van der Waals surface area contributed by atoms with Crippen LogP contribution in [0.2, 0.25) is 0 Å². The van der Waals surface area contributed by atoms with Crippen LogP contribution >= 0.6 is 0 Å². The molecule has 0 aliphatic heterocycles. The Hall–Kier alpha value is -2.69. The zero-order valence-corrected chi connectivity index (χ0v) is 15.0. The topological polar surface area (TPSA) is 49.4 Å². The molecule has 0 heterocycles. The first kappa shape index (κ1) is 18.6. The monoisotopic (exact) mass is 342 g/mol. The summed E-state index contributed by atoms with van der Waals surface area (Å²) in [5, 5.41) is 2.89. The lowest BCUT2D eigenvalue weighted by Gasteiger charge is -2.21. The smallest absolute Gasteiger partial charge is 0.244 e. The summed E-state index contributed by atoms with van der Waals surface area (Å²) in [5.74, 6) is -0.801. The second-order valence-electron chi connectivity index (χ2n) is 6.32. The van der Waals surface area contributed by atoms with Crippen LogP contribution in [0, 0.1) is 26.6 Å². The highest BCUT2D eigenvalue weighted by molar-refractivity contribution is 5.95. The summed E-state index contributed by atoms with van der Waals surface area (Å²) in [4.78, 5) is 25.7. The van der Waals surface area contributed by atoms with Crippen LogP contribution in [0.1, 0.15) is 29.2 Å². The Morgan fingerprint density at radius 2 is 1.60 bits per heavy atom. The van der Waals surface area contributed by atoms with Gasteiger partial charge in [0, 0.05) is 19.2 Å². The van der Waals surface area contributed by atoms with Crippen LogP contribution in [0.4, 0.5) is 10.1 Å². The summed E-state index contributed by atoms with van der Waals surface area (Å²) in [7, 11) is 0. The molecule has 0 fully saturated rings. The summed E-state index contributed by atoms with van der Waals surface area (Å²) in [6.45, 7) is 7.51. The van der Waals surface area contributed by atoms with E-state index in [1.807, 2.05) is 32.9 Å². The number of amides is 2. The van der Waals surface area contributed by atoms with Crippen LogP contribution in [0.25, 0.3) is 0 Å². The van der Waals surface area contributed by atoms with Gasteiger partial charge < -0.3 is 10.2 Å². The first-order valence-electron chi connectivity index (χ1n) is 8.14. The van der Waals surface area contributed by atoms with E-state index in [1.165, 1.54) is 24.0 Å². The number of nitrogens with zero attached hydrogens (tertiary/aromatic N) is 1. The van der Waals surface area contributed by atoms with Gasteiger partial charge in [-0.15, -0.1) is 0 Å². The molecule has 0 aliphatic carbocycles. The molecule has 5 heteroatoms. The SMILES string of the molecule is CC(=O)N(CC(=O)Nc1c(C)cc(C)cc1C)Cc1ccc(F)cc1. The lowest BCUT2D eigenvalue weighted by Crippen LogP contribution is -2.36. The third-order valence-electron chi connectivity index (χ3n) is 4.01. The highest BCUT2D eigenvalue weighted by Gasteiger charge is 2.16. The molecule has 0 atom stereocenters. The van der Waals surface area contributed by atoms with Crippen molar-refractivity contribution in [3.63, 3.8) is 0 Å². The Morgan fingerprint density at radius 1 is 1.04 bits per heavy atom.